The minimum absolute atomic E-state index is 0.444. The van der Waals surface area contributed by atoms with E-state index in [1.807, 2.05) is 63.2 Å². The summed E-state index contributed by atoms with van der Waals surface area (Å²) >= 11 is 7.79. The molecular weight excluding hydrogens is 500 g/mol. The van der Waals surface area contributed by atoms with E-state index in [0.717, 1.165) is 17.5 Å². The second-order valence-electron chi connectivity index (χ2n) is 8.09. The lowest BCUT2D eigenvalue weighted by Gasteiger charge is -2.28. The average molecular weight is 529 g/mol. The van der Waals surface area contributed by atoms with Crippen molar-refractivity contribution in [2.45, 2.75) is 44.1 Å². The second-order valence-corrected chi connectivity index (χ2v) is 9.44. The molecule has 8 nitrogen and oxygen atoms in total. The number of esters is 1. The van der Waals surface area contributed by atoms with Crippen LogP contribution in [0.15, 0.2) is 58.9 Å². The fraction of sp³-hybridized carbons (Fsp3) is 0.346. The fourth-order valence-corrected chi connectivity index (χ4v) is 5.04. The number of hydrogen-bond donors (Lipinski definition) is 1. The van der Waals surface area contributed by atoms with Gasteiger partial charge in [-0.1, -0.05) is 54.6 Å². The molecule has 190 valence electrons. The summed E-state index contributed by atoms with van der Waals surface area (Å²) in [5, 5.41) is 9.22. The van der Waals surface area contributed by atoms with Gasteiger partial charge < -0.3 is 19.5 Å². The molecule has 1 aromatic heterocycles. The van der Waals surface area contributed by atoms with Gasteiger partial charge in [0.2, 0.25) is 11.1 Å². The molecule has 1 unspecified atom stereocenters. The van der Waals surface area contributed by atoms with Crippen molar-refractivity contribution < 1.29 is 19.0 Å². The Hall–Kier alpha value is -3.17. The monoisotopic (exact) mass is 528 g/mol. The van der Waals surface area contributed by atoms with E-state index >= 15 is 0 Å². The van der Waals surface area contributed by atoms with Crippen LogP contribution in [0.25, 0.3) is 0 Å². The zero-order chi connectivity index (χ0) is 25.7. The lowest BCUT2D eigenvalue weighted by atomic mass is 9.95. The van der Waals surface area contributed by atoms with Gasteiger partial charge in [0.25, 0.3) is 0 Å². The number of methoxy groups -OCH3 is 1. The Bertz CT molecular complexity index is 1280. The molecule has 0 saturated heterocycles. The number of nitrogens with one attached hydrogen (secondary N) is 1. The van der Waals surface area contributed by atoms with E-state index in [1.165, 1.54) is 18.9 Å². The van der Waals surface area contributed by atoms with Crippen LogP contribution in [0.5, 0.6) is 11.5 Å². The number of carbonyl (C=O) groups is 1. The third-order valence-electron chi connectivity index (χ3n) is 5.60. The number of rotatable bonds is 10. The van der Waals surface area contributed by atoms with Crippen molar-refractivity contribution in [2.24, 2.45) is 0 Å². The molecule has 1 atom stereocenters. The number of allylic oxidation sites excluding steroid dienone is 1. The Morgan fingerprint density at radius 3 is 2.69 bits per heavy atom. The highest BCUT2D eigenvalue weighted by Gasteiger charge is 2.35. The first kappa shape index (κ1) is 25.9. The van der Waals surface area contributed by atoms with E-state index in [9.17, 15) is 4.79 Å². The molecule has 36 heavy (non-hydrogen) atoms. The summed E-state index contributed by atoms with van der Waals surface area (Å²) in [6.07, 6.45) is 0.882. The molecule has 1 aliphatic heterocycles. The van der Waals surface area contributed by atoms with Gasteiger partial charge in [0.1, 0.15) is 6.04 Å². The number of carbonyl (C=O) groups excluding carboxylic acids is 1. The number of halogens is 1. The highest BCUT2D eigenvalue weighted by atomic mass is 35.5. The van der Waals surface area contributed by atoms with Gasteiger partial charge in [-0.05, 0) is 49.6 Å². The summed E-state index contributed by atoms with van der Waals surface area (Å²) in [5.41, 5.74) is 2.90. The van der Waals surface area contributed by atoms with Crippen molar-refractivity contribution in [3.8, 4) is 11.5 Å². The van der Waals surface area contributed by atoms with Gasteiger partial charge in [-0.2, -0.15) is 4.98 Å². The van der Waals surface area contributed by atoms with E-state index < -0.39 is 12.0 Å². The van der Waals surface area contributed by atoms with Crippen molar-refractivity contribution in [1.29, 1.82) is 0 Å². The molecule has 1 N–H and O–H groups in total. The highest BCUT2D eigenvalue weighted by molar-refractivity contribution is 7.98. The molecule has 1 aliphatic rings. The van der Waals surface area contributed by atoms with Gasteiger partial charge in [0, 0.05) is 16.5 Å². The van der Waals surface area contributed by atoms with E-state index in [4.69, 9.17) is 30.9 Å². The van der Waals surface area contributed by atoms with Crippen molar-refractivity contribution in [3.05, 3.63) is 69.9 Å². The van der Waals surface area contributed by atoms with Gasteiger partial charge in [-0.25, -0.2) is 9.48 Å². The molecule has 4 rings (SSSR count). The number of nitrogens with zero attached hydrogens (tertiary/aromatic N) is 3. The number of hydrogen-bond acceptors (Lipinski definition) is 8. The highest BCUT2D eigenvalue weighted by Crippen LogP contribution is 2.40. The summed E-state index contributed by atoms with van der Waals surface area (Å²) in [5.74, 6) is 1.98. The third kappa shape index (κ3) is 5.47. The Kier molecular flexibility index (Phi) is 8.43. The zero-order valence-electron chi connectivity index (χ0n) is 20.7. The zero-order valence-corrected chi connectivity index (χ0v) is 22.3. The first-order chi connectivity index (χ1) is 17.5. The number of fused-ring (bicyclic) bond motifs is 1. The predicted octanol–water partition coefficient (Wildman–Crippen LogP) is 5.87. The van der Waals surface area contributed by atoms with Crippen LogP contribution in [0, 0.1) is 0 Å². The number of benzene rings is 2. The molecule has 0 amide bonds. The summed E-state index contributed by atoms with van der Waals surface area (Å²) in [7, 11) is 1.37. The summed E-state index contributed by atoms with van der Waals surface area (Å²) in [6.45, 7) is 6.86. The standard InChI is InChI=1S/C26H29ClN4O4S/c1-5-13-35-20-12-11-17(14-21(20)34-6-2)23-22(24(32)33-4)16(3)28-25-29-26(30-31(23)25)36-15-18-9-7-8-10-19(18)27/h7-12,14,23H,5-6,13,15H2,1-4H3,(H,28,29,30). The Morgan fingerprint density at radius 1 is 1.17 bits per heavy atom. The predicted molar refractivity (Wildman–Crippen MR) is 141 cm³/mol. The van der Waals surface area contributed by atoms with Crippen LogP contribution in [0.2, 0.25) is 5.02 Å². The molecule has 0 bridgehead atoms. The first-order valence-electron chi connectivity index (χ1n) is 11.7. The van der Waals surface area contributed by atoms with Gasteiger partial charge >= 0.3 is 5.97 Å². The lowest BCUT2D eigenvalue weighted by Crippen LogP contribution is -2.29. The summed E-state index contributed by atoms with van der Waals surface area (Å²) in [6, 6.07) is 12.8. The van der Waals surface area contributed by atoms with E-state index in [-0.39, 0.29) is 0 Å². The fourth-order valence-electron chi connectivity index (χ4n) is 3.93. The summed E-state index contributed by atoms with van der Waals surface area (Å²) in [4.78, 5) is 17.6. The molecule has 0 spiro atoms. The van der Waals surface area contributed by atoms with Gasteiger partial charge in [-0.3, -0.25) is 0 Å². The van der Waals surface area contributed by atoms with Crippen molar-refractivity contribution in [3.63, 3.8) is 0 Å². The molecule has 2 heterocycles. The third-order valence-corrected chi connectivity index (χ3v) is 6.85. The van der Waals surface area contributed by atoms with E-state index in [0.29, 0.717) is 57.9 Å². The Balaban J connectivity index is 1.73. The SMILES string of the molecule is CCCOc1ccc(C2C(C(=O)OC)=C(C)Nc3nc(SCc4ccccc4Cl)nn32)cc1OCC. The maximum atomic E-state index is 12.9. The number of anilines is 1. The van der Waals surface area contributed by atoms with Gasteiger partial charge in [0.05, 0.1) is 25.9 Å². The van der Waals surface area contributed by atoms with Crippen LogP contribution in [0.3, 0.4) is 0 Å². The smallest absolute Gasteiger partial charge is 0.338 e. The molecular formula is C26H29ClN4O4S. The van der Waals surface area contributed by atoms with Crippen molar-refractivity contribution >= 4 is 35.3 Å². The molecule has 0 saturated carbocycles. The topological polar surface area (TPSA) is 87.5 Å². The van der Waals surface area contributed by atoms with E-state index in [2.05, 4.69) is 10.3 Å². The Labute approximate surface area is 220 Å². The van der Waals surface area contributed by atoms with Gasteiger partial charge in [0.15, 0.2) is 11.5 Å². The maximum Gasteiger partial charge on any atom is 0.338 e. The molecule has 0 fully saturated rings. The lowest BCUT2D eigenvalue weighted by molar-refractivity contribution is -0.136. The Morgan fingerprint density at radius 2 is 1.97 bits per heavy atom. The van der Waals surface area contributed by atoms with Crippen LogP contribution in [0.4, 0.5) is 5.95 Å². The maximum absolute atomic E-state index is 12.9. The van der Waals surface area contributed by atoms with Crippen LogP contribution < -0.4 is 14.8 Å². The minimum atomic E-state index is -0.560. The average Bonchev–Trinajstić information content (AvgIpc) is 3.28. The summed E-state index contributed by atoms with van der Waals surface area (Å²) < 4.78 is 18.6. The number of thioether (sulfide) groups is 1. The second kappa shape index (κ2) is 11.7. The first-order valence-corrected chi connectivity index (χ1v) is 13.1. The van der Waals surface area contributed by atoms with Crippen molar-refractivity contribution in [1.82, 2.24) is 14.8 Å². The van der Waals surface area contributed by atoms with Crippen LogP contribution in [0.1, 0.15) is 44.4 Å². The van der Waals surface area contributed by atoms with E-state index in [1.54, 1.807) is 4.68 Å². The van der Waals surface area contributed by atoms with Crippen LogP contribution >= 0.6 is 23.4 Å². The van der Waals surface area contributed by atoms with Crippen LogP contribution in [-0.4, -0.2) is 41.1 Å². The quantitative estimate of drug-likeness (QED) is 0.258. The molecule has 10 heteroatoms. The van der Waals surface area contributed by atoms with Crippen LogP contribution in [-0.2, 0) is 15.3 Å². The molecule has 2 aromatic carbocycles. The largest absolute Gasteiger partial charge is 0.490 e. The number of aromatic nitrogens is 3. The molecule has 3 aromatic rings. The van der Waals surface area contributed by atoms with Gasteiger partial charge in [-0.15, -0.1) is 5.10 Å². The van der Waals surface area contributed by atoms with Crippen molar-refractivity contribution in [2.75, 3.05) is 25.6 Å². The molecule has 0 aliphatic carbocycles. The molecule has 0 radical (unpaired) electrons. The normalized spacial score (nSPS) is 14.8. The number of ether oxygens (including phenoxy) is 3. The minimum Gasteiger partial charge on any atom is -0.490 e.